The summed E-state index contributed by atoms with van der Waals surface area (Å²) in [4.78, 5) is 0.858. The number of allylic oxidation sites excluding steroid dienone is 2. The summed E-state index contributed by atoms with van der Waals surface area (Å²) >= 11 is 3.32. The molecule has 0 unspecified atom stereocenters. The minimum absolute atomic E-state index is 0.374. The molecule has 4 heteroatoms. The van der Waals surface area contributed by atoms with E-state index in [1.165, 1.54) is 32.1 Å². The molecule has 0 atom stereocenters. The molecule has 0 saturated carbocycles. The Morgan fingerprint density at radius 1 is 1.05 bits per heavy atom. The molecule has 2 nitrogen and oxygen atoms in total. The zero-order valence-electron chi connectivity index (χ0n) is 13.6. The monoisotopic (exact) mass is 386 g/mol. The zero-order valence-corrected chi connectivity index (χ0v) is 16.0. The van der Waals surface area contributed by atoms with E-state index in [9.17, 15) is 8.42 Å². The van der Waals surface area contributed by atoms with Gasteiger partial charge in [0.1, 0.15) is 0 Å². The maximum absolute atomic E-state index is 12.6. The van der Waals surface area contributed by atoms with E-state index in [4.69, 9.17) is 0 Å². The largest absolute Gasteiger partial charge is 0.219 e. The summed E-state index contributed by atoms with van der Waals surface area (Å²) in [5, 5.41) is 0.374. The maximum Gasteiger partial charge on any atom is 0.203 e. The number of sulfone groups is 1. The molecule has 1 aromatic rings. The Morgan fingerprint density at radius 2 is 1.64 bits per heavy atom. The molecule has 0 aromatic heterocycles. The van der Waals surface area contributed by atoms with Gasteiger partial charge in [-0.1, -0.05) is 78.7 Å². The van der Waals surface area contributed by atoms with E-state index in [-0.39, 0.29) is 0 Å². The standard InChI is InChI=1S/C18H27BrO2S/c1-3-4-5-6-7-8-9-10-18(15-19)22(20,21)17-13-11-16(2)12-14-17/h10-14H,3-9,15H2,1-2H3/b18-10+. The minimum Gasteiger partial charge on any atom is -0.219 e. The topological polar surface area (TPSA) is 34.1 Å². The molecule has 0 spiro atoms. The number of alkyl halides is 1. The Bertz CT molecular complexity index is 559. The molecule has 0 aliphatic heterocycles. The number of benzene rings is 1. The van der Waals surface area contributed by atoms with Crippen molar-refractivity contribution in [2.45, 2.75) is 63.7 Å². The third kappa shape index (κ3) is 6.25. The summed E-state index contributed by atoms with van der Waals surface area (Å²) in [7, 11) is -3.36. The van der Waals surface area contributed by atoms with Crippen molar-refractivity contribution in [3.8, 4) is 0 Å². The molecule has 0 amide bonds. The van der Waals surface area contributed by atoms with Gasteiger partial charge < -0.3 is 0 Å². The number of halogens is 1. The molecule has 124 valence electrons. The van der Waals surface area contributed by atoms with Crippen LogP contribution in [0, 0.1) is 6.92 Å². The van der Waals surface area contributed by atoms with Gasteiger partial charge in [0.05, 0.1) is 9.80 Å². The first kappa shape index (κ1) is 19.4. The summed E-state index contributed by atoms with van der Waals surface area (Å²) in [6.07, 6.45) is 10.0. The van der Waals surface area contributed by atoms with Crippen LogP contribution in [0.2, 0.25) is 0 Å². The zero-order chi connectivity index (χ0) is 16.4. The van der Waals surface area contributed by atoms with Crippen LogP contribution in [0.1, 0.15) is 57.4 Å². The lowest BCUT2D eigenvalue weighted by Gasteiger charge is -2.07. The second-order valence-electron chi connectivity index (χ2n) is 5.68. The van der Waals surface area contributed by atoms with Crippen molar-refractivity contribution < 1.29 is 8.42 Å². The molecule has 1 aromatic carbocycles. The molecule has 1 rings (SSSR count). The second-order valence-corrected chi connectivity index (χ2v) is 8.24. The van der Waals surface area contributed by atoms with Crippen LogP contribution >= 0.6 is 15.9 Å². The lowest BCUT2D eigenvalue weighted by atomic mass is 10.1. The fraction of sp³-hybridized carbons (Fsp3) is 0.556. The van der Waals surface area contributed by atoms with E-state index >= 15 is 0 Å². The normalized spacial score (nSPS) is 12.6. The molecule has 0 radical (unpaired) electrons. The SMILES string of the molecule is CCCCCCCC/C=C(\CBr)S(=O)(=O)c1ccc(C)cc1. The van der Waals surface area contributed by atoms with Gasteiger partial charge in [-0.3, -0.25) is 0 Å². The van der Waals surface area contributed by atoms with Crippen LogP contribution < -0.4 is 0 Å². The Balaban J connectivity index is 2.61. The highest BCUT2D eigenvalue weighted by molar-refractivity contribution is 9.09. The van der Waals surface area contributed by atoms with E-state index in [2.05, 4.69) is 22.9 Å². The van der Waals surface area contributed by atoms with Gasteiger partial charge in [-0.2, -0.15) is 0 Å². The van der Waals surface area contributed by atoms with Crippen molar-refractivity contribution in [2.24, 2.45) is 0 Å². The van der Waals surface area contributed by atoms with Crippen LogP contribution in [0.3, 0.4) is 0 Å². The van der Waals surface area contributed by atoms with Gasteiger partial charge in [0, 0.05) is 5.33 Å². The third-order valence-electron chi connectivity index (χ3n) is 3.74. The molecule has 0 saturated heterocycles. The van der Waals surface area contributed by atoms with E-state index in [0.29, 0.717) is 15.1 Å². The average molecular weight is 387 g/mol. The summed E-state index contributed by atoms with van der Waals surface area (Å²) in [5.41, 5.74) is 1.07. The summed E-state index contributed by atoms with van der Waals surface area (Å²) in [6.45, 7) is 4.16. The molecular weight excluding hydrogens is 360 g/mol. The van der Waals surface area contributed by atoms with Crippen LogP contribution in [0.5, 0.6) is 0 Å². The van der Waals surface area contributed by atoms with E-state index in [0.717, 1.165) is 18.4 Å². The van der Waals surface area contributed by atoms with Crippen molar-refractivity contribution in [3.05, 3.63) is 40.8 Å². The highest BCUT2D eigenvalue weighted by atomic mass is 79.9. The molecule has 0 bridgehead atoms. The Kier molecular flexibility index (Phi) is 9.03. The van der Waals surface area contributed by atoms with Crippen LogP contribution in [0.15, 0.2) is 40.1 Å². The van der Waals surface area contributed by atoms with Gasteiger partial charge in [0.2, 0.25) is 9.84 Å². The number of unbranched alkanes of at least 4 members (excludes halogenated alkanes) is 6. The molecular formula is C18H27BrO2S. The van der Waals surface area contributed by atoms with Crippen molar-refractivity contribution in [1.29, 1.82) is 0 Å². The Hall–Kier alpha value is -0.610. The van der Waals surface area contributed by atoms with Crippen molar-refractivity contribution >= 4 is 25.8 Å². The third-order valence-corrected chi connectivity index (χ3v) is 6.61. The van der Waals surface area contributed by atoms with E-state index in [1.807, 2.05) is 25.1 Å². The van der Waals surface area contributed by atoms with E-state index in [1.54, 1.807) is 12.1 Å². The molecule has 0 aliphatic rings. The van der Waals surface area contributed by atoms with E-state index < -0.39 is 9.84 Å². The smallest absolute Gasteiger partial charge is 0.203 e. The highest BCUT2D eigenvalue weighted by Gasteiger charge is 2.19. The average Bonchev–Trinajstić information content (AvgIpc) is 2.50. The first-order valence-corrected chi connectivity index (χ1v) is 10.7. The van der Waals surface area contributed by atoms with Crippen LogP contribution in [-0.2, 0) is 9.84 Å². The number of rotatable bonds is 10. The van der Waals surface area contributed by atoms with Crippen molar-refractivity contribution in [1.82, 2.24) is 0 Å². The lowest BCUT2D eigenvalue weighted by molar-refractivity contribution is 0.600. The second kappa shape index (κ2) is 10.2. The summed E-state index contributed by atoms with van der Waals surface area (Å²) in [5.74, 6) is 0. The predicted molar refractivity (Wildman–Crippen MR) is 98.2 cm³/mol. The van der Waals surface area contributed by atoms with Crippen LogP contribution in [-0.4, -0.2) is 13.7 Å². The summed E-state index contributed by atoms with van der Waals surface area (Å²) in [6, 6.07) is 7.05. The molecule has 22 heavy (non-hydrogen) atoms. The Morgan fingerprint density at radius 3 is 2.23 bits per heavy atom. The van der Waals surface area contributed by atoms with Gasteiger partial charge in [0.25, 0.3) is 0 Å². The fourth-order valence-corrected chi connectivity index (χ4v) is 4.70. The number of aryl methyl sites for hydroxylation is 1. The van der Waals surface area contributed by atoms with Gasteiger partial charge in [0.15, 0.2) is 0 Å². The first-order chi connectivity index (χ1) is 10.5. The van der Waals surface area contributed by atoms with Crippen LogP contribution in [0.4, 0.5) is 0 Å². The van der Waals surface area contributed by atoms with Gasteiger partial charge in [-0.25, -0.2) is 8.42 Å². The highest BCUT2D eigenvalue weighted by Crippen LogP contribution is 2.22. The van der Waals surface area contributed by atoms with Gasteiger partial charge >= 0.3 is 0 Å². The molecule has 0 heterocycles. The van der Waals surface area contributed by atoms with Crippen molar-refractivity contribution in [2.75, 3.05) is 5.33 Å². The lowest BCUT2D eigenvalue weighted by Crippen LogP contribution is -2.06. The first-order valence-electron chi connectivity index (χ1n) is 8.09. The number of hydrogen-bond donors (Lipinski definition) is 0. The fourth-order valence-electron chi connectivity index (χ4n) is 2.29. The predicted octanol–water partition coefficient (Wildman–Crippen LogP) is 5.80. The van der Waals surface area contributed by atoms with Crippen molar-refractivity contribution in [3.63, 3.8) is 0 Å². The molecule has 0 aliphatic carbocycles. The Labute approximate surface area is 144 Å². The minimum atomic E-state index is -3.36. The van der Waals surface area contributed by atoms with Gasteiger partial charge in [-0.05, 0) is 31.9 Å². The molecule has 0 fully saturated rings. The maximum atomic E-state index is 12.6. The quantitative estimate of drug-likeness (QED) is 0.376. The van der Waals surface area contributed by atoms with Crippen LogP contribution in [0.25, 0.3) is 0 Å². The molecule has 0 N–H and O–H groups in total. The van der Waals surface area contributed by atoms with Gasteiger partial charge in [-0.15, -0.1) is 0 Å². The number of hydrogen-bond acceptors (Lipinski definition) is 2. The summed E-state index contributed by atoms with van der Waals surface area (Å²) < 4.78 is 25.2.